The number of fused-ring (bicyclic) bond motifs is 1. The first-order valence-electron chi connectivity index (χ1n) is 9.13. The summed E-state index contributed by atoms with van der Waals surface area (Å²) >= 11 is 12.9. The van der Waals surface area contributed by atoms with Gasteiger partial charge in [0.2, 0.25) is 11.8 Å². The van der Waals surface area contributed by atoms with Gasteiger partial charge >= 0.3 is 5.97 Å². The Labute approximate surface area is 194 Å². The molecule has 1 aliphatic carbocycles. The highest BCUT2D eigenvalue weighted by Crippen LogP contribution is 2.43. The molecule has 0 spiro atoms. The van der Waals surface area contributed by atoms with Gasteiger partial charge in [-0.15, -0.1) is 0 Å². The number of nitrogens with zero attached hydrogens (tertiary/aromatic N) is 1. The minimum Gasteiger partial charge on any atom is -0.495 e. The average molecular weight is 567 g/mol. The molecule has 3 amide bonds. The number of anilines is 1. The average Bonchev–Trinajstić information content (AvgIpc) is 2.91. The lowest BCUT2D eigenvalue weighted by atomic mass is 9.81. The zero-order valence-electron chi connectivity index (χ0n) is 15.9. The van der Waals surface area contributed by atoms with Gasteiger partial charge in [-0.3, -0.25) is 24.1 Å². The van der Waals surface area contributed by atoms with Crippen molar-refractivity contribution in [2.24, 2.45) is 11.8 Å². The molecule has 1 aromatic carbocycles. The van der Waals surface area contributed by atoms with Crippen LogP contribution in [0.1, 0.15) is 12.8 Å². The van der Waals surface area contributed by atoms with E-state index in [1.54, 1.807) is 12.1 Å². The first-order chi connectivity index (χ1) is 14.2. The minimum absolute atomic E-state index is 0.0783. The number of carbonyl (C=O) groups is 4. The van der Waals surface area contributed by atoms with Crippen molar-refractivity contribution in [2.45, 2.75) is 22.5 Å². The third-order valence-corrected chi connectivity index (χ3v) is 8.06. The van der Waals surface area contributed by atoms with Gasteiger partial charge in [0.1, 0.15) is 12.3 Å². The molecule has 8 nitrogen and oxygen atoms in total. The maximum absolute atomic E-state index is 12.6. The summed E-state index contributed by atoms with van der Waals surface area (Å²) in [5.41, 5.74) is 0.327. The highest BCUT2D eigenvalue weighted by molar-refractivity contribution is 9.12. The molecule has 4 atom stereocenters. The SMILES string of the molecule is COc1ccc(Cl)cc1NC(=O)COC(=O)CN1C(=O)[C@@H]2C[C@@H](Br)[C@@H](Br)C[C@H]2C1=O. The monoisotopic (exact) mass is 564 g/mol. The number of benzene rings is 1. The number of esters is 1. The van der Waals surface area contributed by atoms with Crippen LogP contribution in [0.15, 0.2) is 18.2 Å². The zero-order valence-corrected chi connectivity index (χ0v) is 19.8. The summed E-state index contributed by atoms with van der Waals surface area (Å²) in [4.78, 5) is 50.5. The quantitative estimate of drug-likeness (QED) is 0.323. The van der Waals surface area contributed by atoms with Crippen LogP contribution < -0.4 is 10.1 Å². The normalized spacial score (nSPS) is 25.7. The molecule has 2 fully saturated rings. The number of hydrogen-bond acceptors (Lipinski definition) is 6. The number of alkyl halides is 2. The Morgan fingerprint density at radius 2 is 1.77 bits per heavy atom. The Morgan fingerprint density at radius 1 is 1.17 bits per heavy atom. The van der Waals surface area contributed by atoms with Gasteiger partial charge in [0, 0.05) is 14.7 Å². The van der Waals surface area contributed by atoms with Crippen molar-refractivity contribution in [3.05, 3.63) is 23.2 Å². The fourth-order valence-corrected chi connectivity index (χ4v) is 5.01. The summed E-state index contributed by atoms with van der Waals surface area (Å²) < 4.78 is 10.1. The predicted octanol–water partition coefficient (Wildman–Crippen LogP) is 2.75. The smallest absolute Gasteiger partial charge is 0.326 e. The molecule has 1 saturated heterocycles. The van der Waals surface area contributed by atoms with Crippen LogP contribution in [0.3, 0.4) is 0 Å². The summed E-state index contributed by atoms with van der Waals surface area (Å²) in [6.45, 7) is -1.09. The topological polar surface area (TPSA) is 102 Å². The predicted molar refractivity (Wildman–Crippen MR) is 116 cm³/mol. The fourth-order valence-electron chi connectivity index (χ4n) is 3.60. The van der Waals surface area contributed by atoms with Crippen LogP contribution in [0.4, 0.5) is 5.69 Å². The van der Waals surface area contributed by atoms with Crippen LogP contribution >= 0.6 is 43.5 Å². The molecule has 1 aliphatic heterocycles. The molecular formula is C19H19Br2ClN2O6. The number of imide groups is 1. The van der Waals surface area contributed by atoms with Crippen LogP contribution in [-0.4, -0.2) is 58.5 Å². The van der Waals surface area contributed by atoms with Crippen molar-refractivity contribution in [2.75, 3.05) is 25.6 Å². The minimum atomic E-state index is -0.839. The van der Waals surface area contributed by atoms with Crippen LogP contribution in [0.2, 0.25) is 5.02 Å². The molecule has 2 aliphatic rings. The van der Waals surface area contributed by atoms with Crippen LogP contribution in [0.25, 0.3) is 0 Å². The number of ether oxygens (including phenoxy) is 2. The van der Waals surface area contributed by atoms with Crippen molar-refractivity contribution in [3.63, 3.8) is 0 Å². The number of halogens is 3. The Hall–Kier alpha value is -1.65. The number of rotatable bonds is 6. The second-order valence-electron chi connectivity index (χ2n) is 7.03. The molecule has 0 aromatic heterocycles. The van der Waals surface area contributed by atoms with Gasteiger partial charge < -0.3 is 14.8 Å². The molecule has 0 bridgehead atoms. The third kappa shape index (κ3) is 4.97. The van der Waals surface area contributed by atoms with Gasteiger partial charge in [0.25, 0.3) is 5.91 Å². The molecule has 3 rings (SSSR count). The number of amides is 3. The molecule has 11 heteroatoms. The van der Waals surface area contributed by atoms with E-state index in [2.05, 4.69) is 37.2 Å². The fraction of sp³-hybridized carbons (Fsp3) is 0.474. The molecule has 0 radical (unpaired) electrons. The van der Waals surface area contributed by atoms with Crippen molar-refractivity contribution in [1.82, 2.24) is 4.90 Å². The number of nitrogens with one attached hydrogen (secondary N) is 1. The van der Waals surface area contributed by atoms with E-state index in [0.717, 1.165) is 4.90 Å². The Bertz CT molecular complexity index is 855. The lowest BCUT2D eigenvalue weighted by Gasteiger charge is -2.29. The zero-order chi connectivity index (χ0) is 22.0. The van der Waals surface area contributed by atoms with E-state index in [1.807, 2.05) is 0 Å². The number of hydrogen-bond donors (Lipinski definition) is 1. The summed E-state index contributed by atoms with van der Waals surface area (Å²) in [5, 5.41) is 2.93. The third-order valence-electron chi connectivity index (χ3n) is 5.09. The molecule has 162 valence electrons. The van der Waals surface area contributed by atoms with Crippen LogP contribution in [-0.2, 0) is 23.9 Å². The van der Waals surface area contributed by atoms with E-state index in [1.165, 1.54) is 13.2 Å². The Kier molecular flexibility index (Phi) is 7.41. The first-order valence-corrected chi connectivity index (χ1v) is 11.3. The van der Waals surface area contributed by atoms with E-state index in [-0.39, 0.29) is 21.5 Å². The van der Waals surface area contributed by atoms with Gasteiger partial charge in [-0.2, -0.15) is 0 Å². The van der Waals surface area contributed by atoms with E-state index >= 15 is 0 Å². The Morgan fingerprint density at radius 3 is 2.33 bits per heavy atom. The van der Waals surface area contributed by atoms with E-state index in [9.17, 15) is 19.2 Å². The molecule has 1 aromatic rings. The second-order valence-corrected chi connectivity index (χ2v) is 9.82. The molecule has 30 heavy (non-hydrogen) atoms. The number of methoxy groups -OCH3 is 1. The van der Waals surface area contributed by atoms with Gasteiger partial charge in [-0.1, -0.05) is 43.5 Å². The second kappa shape index (κ2) is 9.65. The first kappa shape index (κ1) is 23.0. The lowest BCUT2D eigenvalue weighted by Crippen LogP contribution is -2.37. The highest BCUT2D eigenvalue weighted by Gasteiger charge is 2.52. The molecule has 0 unspecified atom stereocenters. The maximum Gasteiger partial charge on any atom is 0.326 e. The van der Waals surface area contributed by atoms with Crippen LogP contribution in [0.5, 0.6) is 5.75 Å². The summed E-state index contributed by atoms with van der Waals surface area (Å²) in [6.07, 6.45) is 1.03. The number of likely N-dealkylation sites (tertiary alicyclic amines) is 1. The van der Waals surface area contributed by atoms with E-state index in [0.29, 0.717) is 29.3 Å². The summed E-state index contributed by atoms with van der Waals surface area (Å²) in [6, 6.07) is 4.69. The van der Waals surface area contributed by atoms with Gasteiger partial charge in [-0.25, -0.2) is 0 Å². The van der Waals surface area contributed by atoms with Crippen molar-refractivity contribution < 1.29 is 28.7 Å². The largest absolute Gasteiger partial charge is 0.495 e. The standard InChI is InChI=1S/C19H19Br2ClN2O6/c1-29-15-3-2-9(22)4-14(15)23-16(25)8-30-17(26)7-24-18(27)10-5-12(20)13(21)6-11(10)19(24)28/h2-4,10-13H,5-8H2,1H3,(H,23,25)/t10-,11-,12-,13+/m1/s1. The van der Waals surface area contributed by atoms with Gasteiger partial charge in [0.05, 0.1) is 24.6 Å². The number of carbonyl (C=O) groups excluding carboxylic acids is 4. The highest BCUT2D eigenvalue weighted by atomic mass is 79.9. The maximum atomic E-state index is 12.6. The van der Waals surface area contributed by atoms with E-state index < -0.39 is 36.9 Å². The van der Waals surface area contributed by atoms with Crippen molar-refractivity contribution in [1.29, 1.82) is 0 Å². The molecule has 1 N–H and O–H groups in total. The van der Waals surface area contributed by atoms with Crippen molar-refractivity contribution in [3.8, 4) is 5.75 Å². The summed E-state index contributed by atoms with van der Waals surface area (Å²) in [7, 11) is 1.44. The van der Waals surface area contributed by atoms with Gasteiger partial charge in [-0.05, 0) is 31.0 Å². The Balaban J connectivity index is 1.54. The van der Waals surface area contributed by atoms with E-state index in [4.69, 9.17) is 21.1 Å². The molecule has 1 saturated carbocycles. The lowest BCUT2D eigenvalue weighted by molar-refractivity contribution is -0.154. The van der Waals surface area contributed by atoms with Crippen molar-refractivity contribution >= 4 is 72.8 Å². The summed E-state index contributed by atoms with van der Waals surface area (Å²) in [5.74, 6) is -2.69. The molecule has 1 heterocycles. The van der Waals surface area contributed by atoms with Crippen LogP contribution in [0, 0.1) is 11.8 Å². The van der Waals surface area contributed by atoms with Gasteiger partial charge in [0.15, 0.2) is 6.61 Å². The molecular weight excluding hydrogens is 547 g/mol.